The smallest absolute Gasteiger partial charge is 0.263 e. The van der Waals surface area contributed by atoms with Gasteiger partial charge in [-0.15, -0.1) is 0 Å². The Hall–Kier alpha value is -3.19. The molecule has 0 unspecified atom stereocenters. The molecule has 0 aliphatic heterocycles. The summed E-state index contributed by atoms with van der Waals surface area (Å²) in [6.07, 6.45) is 1.61. The molecular weight excluding hydrogens is 382 g/mol. The number of nitrogens with zero attached hydrogens (tertiary/aromatic N) is 2. The summed E-state index contributed by atoms with van der Waals surface area (Å²) in [5.74, 6) is 2.02. The maximum atomic E-state index is 12.2. The van der Waals surface area contributed by atoms with E-state index in [-0.39, 0.29) is 12.5 Å². The van der Waals surface area contributed by atoms with Gasteiger partial charge in [-0.25, -0.2) is 4.68 Å². The van der Waals surface area contributed by atoms with E-state index in [1.54, 1.807) is 55.4 Å². The molecule has 3 rings (SSSR count). The first-order valence-electron chi connectivity index (χ1n) is 8.50. The van der Waals surface area contributed by atoms with Gasteiger partial charge in [0.05, 0.1) is 27.0 Å². The van der Waals surface area contributed by atoms with Gasteiger partial charge >= 0.3 is 0 Å². The van der Waals surface area contributed by atoms with E-state index in [1.807, 2.05) is 18.2 Å². The van der Waals surface area contributed by atoms with Gasteiger partial charge in [-0.1, -0.05) is 29.8 Å². The lowest BCUT2D eigenvalue weighted by atomic mass is 10.2. The fourth-order valence-electron chi connectivity index (χ4n) is 2.69. The van der Waals surface area contributed by atoms with Gasteiger partial charge in [-0.3, -0.25) is 4.79 Å². The number of ether oxygens (including phenoxy) is 3. The Kier molecular flexibility index (Phi) is 6.39. The number of amides is 1. The van der Waals surface area contributed by atoms with E-state index in [9.17, 15) is 4.79 Å². The topological polar surface area (TPSA) is 74.6 Å². The van der Waals surface area contributed by atoms with E-state index in [2.05, 4.69) is 10.4 Å². The predicted molar refractivity (Wildman–Crippen MR) is 106 cm³/mol. The molecule has 0 saturated carbocycles. The van der Waals surface area contributed by atoms with E-state index in [4.69, 9.17) is 25.8 Å². The van der Waals surface area contributed by atoms with Crippen molar-refractivity contribution in [3.8, 4) is 17.2 Å². The van der Waals surface area contributed by atoms with Gasteiger partial charge in [0.15, 0.2) is 18.1 Å². The highest BCUT2D eigenvalue weighted by molar-refractivity contribution is 6.30. The zero-order valence-electron chi connectivity index (χ0n) is 15.5. The van der Waals surface area contributed by atoms with E-state index >= 15 is 0 Å². The van der Waals surface area contributed by atoms with Crippen molar-refractivity contribution in [3.63, 3.8) is 0 Å². The number of carbonyl (C=O) groups is 1. The number of rotatable bonds is 8. The fourth-order valence-corrected chi connectivity index (χ4v) is 2.87. The quantitative estimate of drug-likeness (QED) is 0.624. The minimum atomic E-state index is -0.306. The summed E-state index contributed by atoms with van der Waals surface area (Å²) in [6, 6.07) is 14.2. The number of methoxy groups -OCH3 is 2. The monoisotopic (exact) mass is 401 g/mol. The lowest BCUT2D eigenvalue weighted by molar-refractivity contribution is -0.118. The lowest BCUT2D eigenvalue weighted by Crippen LogP contribution is -2.22. The molecule has 28 heavy (non-hydrogen) atoms. The standard InChI is InChI=1S/C20H20ClN3O4/c1-26-17-8-3-5-14(20(17)27-2)12-24-18(9-10-22-24)23-19(25)13-28-16-7-4-6-15(21)11-16/h3-11H,12-13H2,1-2H3,(H,23,25). The second-order valence-corrected chi connectivity index (χ2v) is 6.26. The number of aromatic nitrogens is 2. The van der Waals surface area contributed by atoms with Crippen molar-refractivity contribution in [1.82, 2.24) is 9.78 Å². The van der Waals surface area contributed by atoms with E-state index in [1.165, 1.54) is 0 Å². The number of benzene rings is 2. The van der Waals surface area contributed by atoms with Gasteiger partial charge in [-0.2, -0.15) is 5.10 Å². The van der Waals surface area contributed by atoms with Crippen LogP contribution in [0.25, 0.3) is 0 Å². The molecule has 0 spiro atoms. The lowest BCUT2D eigenvalue weighted by Gasteiger charge is -2.14. The molecule has 8 heteroatoms. The molecule has 1 amide bonds. The van der Waals surface area contributed by atoms with Gasteiger partial charge < -0.3 is 19.5 Å². The number of anilines is 1. The Morgan fingerprint density at radius 1 is 1.14 bits per heavy atom. The Morgan fingerprint density at radius 2 is 1.96 bits per heavy atom. The third kappa shape index (κ3) is 4.75. The molecule has 0 aliphatic rings. The van der Waals surface area contributed by atoms with Crippen LogP contribution < -0.4 is 19.5 Å². The van der Waals surface area contributed by atoms with Crippen molar-refractivity contribution < 1.29 is 19.0 Å². The highest BCUT2D eigenvalue weighted by Crippen LogP contribution is 2.31. The van der Waals surface area contributed by atoms with Crippen LogP contribution in [0.5, 0.6) is 17.2 Å². The molecular formula is C20H20ClN3O4. The van der Waals surface area contributed by atoms with Gasteiger partial charge in [0, 0.05) is 16.7 Å². The highest BCUT2D eigenvalue weighted by atomic mass is 35.5. The van der Waals surface area contributed by atoms with E-state index in [0.717, 1.165) is 5.56 Å². The molecule has 0 atom stereocenters. The minimum absolute atomic E-state index is 0.145. The van der Waals surface area contributed by atoms with Gasteiger partial charge in [-0.05, 0) is 24.3 Å². The molecule has 0 fully saturated rings. The predicted octanol–water partition coefficient (Wildman–Crippen LogP) is 3.62. The van der Waals surface area contributed by atoms with Crippen molar-refractivity contribution in [3.05, 3.63) is 65.3 Å². The van der Waals surface area contributed by atoms with E-state index in [0.29, 0.717) is 34.6 Å². The molecule has 1 N–H and O–H groups in total. The number of hydrogen-bond acceptors (Lipinski definition) is 5. The van der Waals surface area contributed by atoms with Crippen LogP contribution in [0.1, 0.15) is 5.56 Å². The first-order chi connectivity index (χ1) is 13.6. The Bertz CT molecular complexity index is 958. The molecule has 2 aromatic carbocycles. The maximum Gasteiger partial charge on any atom is 0.263 e. The normalized spacial score (nSPS) is 10.4. The van der Waals surface area contributed by atoms with Gasteiger partial charge in [0.1, 0.15) is 11.6 Å². The largest absolute Gasteiger partial charge is 0.493 e. The molecule has 0 saturated heterocycles. The Labute approximate surface area is 167 Å². The maximum absolute atomic E-state index is 12.2. The van der Waals surface area contributed by atoms with Crippen molar-refractivity contribution in [1.29, 1.82) is 0 Å². The summed E-state index contributed by atoms with van der Waals surface area (Å²) in [4.78, 5) is 12.2. The van der Waals surface area contributed by atoms with Crippen LogP contribution in [0, 0.1) is 0 Å². The summed E-state index contributed by atoms with van der Waals surface area (Å²) in [5.41, 5.74) is 0.872. The third-order valence-corrected chi connectivity index (χ3v) is 4.19. The van der Waals surface area contributed by atoms with Crippen LogP contribution in [0.4, 0.5) is 5.82 Å². The summed E-state index contributed by atoms with van der Waals surface area (Å²) in [7, 11) is 3.17. The minimum Gasteiger partial charge on any atom is -0.493 e. The second-order valence-electron chi connectivity index (χ2n) is 5.82. The van der Waals surface area contributed by atoms with Crippen LogP contribution in [0.2, 0.25) is 5.02 Å². The van der Waals surface area contributed by atoms with Crippen molar-refractivity contribution in [2.24, 2.45) is 0 Å². The zero-order chi connectivity index (χ0) is 19.9. The number of carbonyl (C=O) groups excluding carboxylic acids is 1. The molecule has 3 aromatic rings. The van der Waals surface area contributed by atoms with Crippen LogP contribution >= 0.6 is 11.6 Å². The molecule has 1 aromatic heterocycles. The summed E-state index contributed by atoms with van der Waals surface area (Å²) < 4.78 is 17.9. The van der Waals surface area contributed by atoms with Crippen molar-refractivity contribution in [2.75, 3.05) is 26.1 Å². The van der Waals surface area contributed by atoms with Crippen LogP contribution in [-0.2, 0) is 11.3 Å². The summed E-state index contributed by atoms with van der Waals surface area (Å²) in [6.45, 7) is 0.256. The molecule has 0 aliphatic carbocycles. The van der Waals surface area contributed by atoms with Crippen LogP contribution in [-0.4, -0.2) is 36.5 Å². The molecule has 0 radical (unpaired) electrons. The molecule has 0 bridgehead atoms. The summed E-state index contributed by atoms with van der Waals surface area (Å²) in [5, 5.41) is 7.61. The fraction of sp³-hybridized carbons (Fsp3) is 0.200. The number of hydrogen-bond donors (Lipinski definition) is 1. The first-order valence-corrected chi connectivity index (χ1v) is 8.88. The van der Waals surface area contributed by atoms with Crippen LogP contribution in [0.3, 0.4) is 0 Å². The summed E-state index contributed by atoms with van der Waals surface area (Å²) >= 11 is 5.91. The zero-order valence-corrected chi connectivity index (χ0v) is 16.3. The number of halogens is 1. The van der Waals surface area contributed by atoms with Gasteiger partial charge in [0.2, 0.25) is 0 Å². The molecule has 7 nitrogen and oxygen atoms in total. The Morgan fingerprint density at radius 3 is 2.71 bits per heavy atom. The SMILES string of the molecule is COc1cccc(Cn2nccc2NC(=O)COc2cccc(Cl)c2)c1OC. The number of para-hydroxylation sites is 1. The molecule has 146 valence electrons. The number of nitrogens with one attached hydrogen (secondary N) is 1. The highest BCUT2D eigenvalue weighted by Gasteiger charge is 2.13. The third-order valence-electron chi connectivity index (χ3n) is 3.95. The van der Waals surface area contributed by atoms with Crippen molar-refractivity contribution >= 4 is 23.3 Å². The van der Waals surface area contributed by atoms with Crippen molar-refractivity contribution in [2.45, 2.75) is 6.54 Å². The van der Waals surface area contributed by atoms with Gasteiger partial charge in [0.25, 0.3) is 5.91 Å². The Balaban J connectivity index is 1.66. The first kappa shape index (κ1) is 19.6. The second kappa shape index (κ2) is 9.14. The van der Waals surface area contributed by atoms with Crippen LogP contribution in [0.15, 0.2) is 54.7 Å². The average molecular weight is 402 g/mol. The average Bonchev–Trinajstić information content (AvgIpc) is 3.12. The van der Waals surface area contributed by atoms with E-state index < -0.39 is 0 Å². The molecule has 1 heterocycles.